The highest BCUT2D eigenvalue weighted by Crippen LogP contribution is 2.36. The van der Waals surface area contributed by atoms with Crippen molar-refractivity contribution < 1.29 is 27.2 Å². The molecule has 0 saturated carbocycles. The number of hydrogen-bond donors (Lipinski definition) is 1. The Morgan fingerprint density at radius 1 is 1.34 bits per heavy atom. The number of hydrogen-bond acceptors (Lipinski definition) is 5. The summed E-state index contributed by atoms with van der Waals surface area (Å²) < 4.78 is 44.2. The van der Waals surface area contributed by atoms with Gasteiger partial charge < -0.3 is 9.73 Å². The lowest BCUT2D eigenvalue weighted by atomic mass is 10.2. The third kappa shape index (κ3) is 5.20. The van der Waals surface area contributed by atoms with Gasteiger partial charge in [0.15, 0.2) is 0 Å². The van der Waals surface area contributed by atoms with Crippen molar-refractivity contribution in [2.75, 3.05) is 11.9 Å². The van der Waals surface area contributed by atoms with Crippen molar-refractivity contribution in [3.05, 3.63) is 57.8 Å². The maximum absolute atomic E-state index is 12.9. The zero-order valence-corrected chi connectivity index (χ0v) is 16.8. The van der Waals surface area contributed by atoms with Crippen molar-refractivity contribution in [3.63, 3.8) is 0 Å². The van der Waals surface area contributed by atoms with Crippen LogP contribution in [0, 0.1) is 0 Å². The molecule has 1 saturated heterocycles. The van der Waals surface area contributed by atoms with E-state index < -0.39 is 22.7 Å². The van der Waals surface area contributed by atoms with Crippen molar-refractivity contribution in [2.24, 2.45) is 0 Å². The first-order chi connectivity index (χ1) is 13.6. The number of thioether (sulfide) groups is 1. The van der Waals surface area contributed by atoms with E-state index >= 15 is 0 Å². The van der Waals surface area contributed by atoms with Gasteiger partial charge in [0.25, 0.3) is 5.91 Å². The van der Waals surface area contributed by atoms with Crippen LogP contribution in [-0.4, -0.2) is 27.6 Å². The normalized spacial score (nSPS) is 16.0. The molecule has 1 N–H and O–H groups in total. The minimum absolute atomic E-state index is 0.00822. The van der Waals surface area contributed by atoms with Crippen LogP contribution in [0.1, 0.15) is 17.7 Å². The van der Waals surface area contributed by atoms with E-state index in [2.05, 4.69) is 5.32 Å². The molecule has 0 aliphatic carbocycles. The van der Waals surface area contributed by atoms with Crippen LogP contribution in [0.3, 0.4) is 0 Å². The fourth-order valence-electron chi connectivity index (χ4n) is 2.45. The van der Waals surface area contributed by atoms with E-state index in [9.17, 15) is 22.8 Å². The Morgan fingerprint density at radius 3 is 2.76 bits per heavy atom. The highest BCUT2D eigenvalue weighted by molar-refractivity contribution is 8.26. The number of carbonyl (C=O) groups excluding carboxylic acids is 2. The summed E-state index contributed by atoms with van der Waals surface area (Å²) in [6.07, 6.45) is -1.77. The van der Waals surface area contributed by atoms with Gasteiger partial charge in [0, 0.05) is 24.7 Å². The average molecular weight is 461 g/mol. The van der Waals surface area contributed by atoms with Gasteiger partial charge in [-0.1, -0.05) is 35.6 Å². The fraction of sp³-hybridized carbons (Fsp3) is 0.167. The quantitative estimate of drug-likeness (QED) is 0.492. The number of amides is 2. The molecular formula is C18H12ClF3N2O3S2. The van der Waals surface area contributed by atoms with E-state index in [0.29, 0.717) is 10.7 Å². The van der Waals surface area contributed by atoms with E-state index in [-0.39, 0.29) is 28.9 Å². The summed E-state index contributed by atoms with van der Waals surface area (Å²) in [7, 11) is 0. The van der Waals surface area contributed by atoms with Crippen molar-refractivity contribution in [2.45, 2.75) is 12.6 Å². The van der Waals surface area contributed by atoms with Crippen LogP contribution in [0.4, 0.5) is 18.9 Å². The summed E-state index contributed by atoms with van der Waals surface area (Å²) in [4.78, 5) is 26.2. The molecule has 0 atom stereocenters. The van der Waals surface area contributed by atoms with E-state index in [1.54, 1.807) is 18.2 Å². The average Bonchev–Trinajstić information content (AvgIpc) is 3.23. The highest BCUT2D eigenvalue weighted by Gasteiger charge is 2.34. The first-order valence-corrected chi connectivity index (χ1v) is 9.71. The van der Waals surface area contributed by atoms with Crippen LogP contribution in [0.5, 0.6) is 0 Å². The number of carbonyl (C=O) groups is 2. The van der Waals surface area contributed by atoms with Crippen LogP contribution in [-0.2, 0) is 15.8 Å². The van der Waals surface area contributed by atoms with Crippen molar-refractivity contribution in [1.29, 1.82) is 0 Å². The summed E-state index contributed by atoms with van der Waals surface area (Å²) in [5.74, 6) is -0.439. The smallest absolute Gasteiger partial charge is 0.417 e. The van der Waals surface area contributed by atoms with Gasteiger partial charge in [-0.2, -0.15) is 13.2 Å². The van der Waals surface area contributed by atoms with E-state index in [0.717, 1.165) is 23.9 Å². The van der Waals surface area contributed by atoms with Crippen molar-refractivity contribution >= 4 is 63.5 Å². The zero-order chi connectivity index (χ0) is 21.2. The summed E-state index contributed by atoms with van der Waals surface area (Å²) >= 11 is 11.8. The van der Waals surface area contributed by atoms with Crippen molar-refractivity contribution in [1.82, 2.24) is 4.90 Å². The molecule has 5 nitrogen and oxygen atoms in total. The molecule has 0 bridgehead atoms. The lowest BCUT2D eigenvalue weighted by Gasteiger charge is -2.15. The van der Waals surface area contributed by atoms with Crippen LogP contribution in [0.25, 0.3) is 6.08 Å². The van der Waals surface area contributed by atoms with Crippen LogP contribution < -0.4 is 5.32 Å². The summed E-state index contributed by atoms with van der Waals surface area (Å²) in [5.41, 5.74) is -1.09. The number of thiocarbonyl (C=S) groups is 1. The number of anilines is 1. The Bertz CT molecular complexity index is 991. The molecule has 1 fully saturated rings. The first kappa shape index (κ1) is 21.4. The molecule has 1 aromatic carbocycles. The van der Waals surface area contributed by atoms with Crippen LogP contribution >= 0.6 is 35.6 Å². The van der Waals surface area contributed by atoms with Gasteiger partial charge in [0.2, 0.25) is 5.91 Å². The Kier molecular flexibility index (Phi) is 6.35. The Balaban J connectivity index is 1.61. The first-order valence-electron chi connectivity index (χ1n) is 8.10. The standard InChI is InChI=1S/C18H12ClF3N2O3S2/c19-13-4-3-10(8-12(13)18(20,21)22)23-15(25)5-6-24-16(26)14(29-17(24)28)9-11-2-1-7-27-11/h1-4,7-9H,5-6H2,(H,23,25). The summed E-state index contributed by atoms with van der Waals surface area (Å²) in [6.45, 7) is -0.00822. The number of nitrogens with zero attached hydrogens (tertiary/aromatic N) is 1. The maximum atomic E-state index is 12.9. The molecule has 152 valence electrons. The molecule has 0 radical (unpaired) electrons. The number of furan rings is 1. The maximum Gasteiger partial charge on any atom is 0.417 e. The molecule has 1 aromatic heterocycles. The summed E-state index contributed by atoms with van der Waals surface area (Å²) in [6, 6.07) is 6.44. The third-order valence-corrected chi connectivity index (χ3v) is 5.52. The molecule has 2 aromatic rings. The van der Waals surface area contributed by atoms with Gasteiger partial charge in [-0.15, -0.1) is 0 Å². The highest BCUT2D eigenvalue weighted by atomic mass is 35.5. The molecule has 11 heteroatoms. The minimum atomic E-state index is -4.64. The van der Waals surface area contributed by atoms with E-state index in [1.165, 1.54) is 17.2 Å². The lowest BCUT2D eigenvalue weighted by Crippen LogP contribution is -2.31. The molecule has 3 rings (SSSR count). The Morgan fingerprint density at radius 2 is 2.10 bits per heavy atom. The molecule has 2 amide bonds. The predicted octanol–water partition coefficient (Wildman–Crippen LogP) is 5.18. The van der Waals surface area contributed by atoms with Crippen LogP contribution in [0.15, 0.2) is 45.9 Å². The largest absolute Gasteiger partial charge is 0.465 e. The SMILES string of the molecule is O=C(CCN1C(=O)C(=Cc2ccco2)SC1=S)Nc1ccc(Cl)c(C(F)(F)F)c1. The molecule has 0 unspecified atom stereocenters. The lowest BCUT2D eigenvalue weighted by molar-refractivity contribution is -0.137. The molecular weight excluding hydrogens is 449 g/mol. The Hall–Kier alpha value is -2.30. The van der Waals surface area contributed by atoms with Gasteiger partial charge in [-0.3, -0.25) is 14.5 Å². The predicted molar refractivity (Wildman–Crippen MR) is 108 cm³/mol. The number of halogens is 4. The second kappa shape index (κ2) is 8.60. The molecule has 0 spiro atoms. The zero-order valence-electron chi connectivity index (χ0n) is 14.5. The van der Waals surface area contributed by atoms with E-state index in [1.807, 2.05) is 0 Å². The third-order valence-electron chi connectivity index (χ3n) is 3.81. The molecule has 1 aliphatic rings. The Labute approximate surface area is 177 Å². The monoisotopic (exact) mass is 460 g/mol. The number of alkyl halides is 3. The van der Waals surface area contributed by atoms with Crippen LogP contribution in [0.2, 0.25) is 5.02 Å². The number of benzene rings is 1. The van der Waals surface area contributed by atoms with E-state index in [4.69, 9.17) is 28.2 Å². The second-order valence-corrected chi connectivity index (χ2v) is 7.92. The van der Waals surface area contributed by atoms with Gasteiger partial charge >= 0.3 is 6.18 Å². The summed E-state index contributed by atoms with van der Waals surface area (Å²) in [5, 5.41) is 1.91. The molecule has 1 aliphatic heterocycles. The van der Waals surface area contributed by atoms with Gasteiger partial charge in [-0.05, 0) is 30.3 Å². The fourth-order valence-corrected chi connectivity index (χ4v) is 3.97. The van der Waals surface area contributed by atoms with Gasteiger partial charge in [0.05, 0.1) is 21.8 Å². The van der Waals surface area contributed by atoms with Gasteiger partial charge in [0.1, 0.15) is 10.1 Å². The minimum Gasteiger partial charge on any atom is -0.465 e. The second-order valence-electron chi connectivity index (χ2n) is 5.84. The number of rotatable bonds is 5. The topological polar surface area (TPSA) is 62.6 Å². The number of nitrogens with one attached hydrogen (secondary N) is 1. The van der Waals surface area contributed by atoms with Crippen molar-refractivity contribution in [3.8, 4) is 0 Å². The molecule has 29 heavy (non-hydrogen) atoms. The molecule has 2 heterocycles. The van der Waals surface area contributed by atoms with Gasteiger partial charge in [-0.25, -0.2) is 0 Å².